The van der Waals surface area contributed by atoms with Crippen LogP contribution >= 0.6 is 0 Å². The van der Waals surface area contributed by atoms with Crippen LogP contribution in [0.15, 0.2) is 24.3 Å². The van der Waals surface area contributed by atoms with E-state index in [-0.39, 0.29) is 25.4 Å². The van der Waals surface area contributed by atoms with Crippen molar-refractivity contribution in [2.75, 3.05) is 13.2 Å². The molecule has 2 N–H and O–H groups in total. The van der Waals surface area contributed by atoms with Crippen LogP contribution in [0.4, 0.5) is 10.5 Å². The van der Waals surface area contributed by atoms with Crippen LogP contribution in [0, 0.1) is 10.1 Å². The number of nitro groups is 1. The Hall–Kier alpha value is -2.64. The number of rotatable bonds is 6. The maximum atomic E-state index is 11.4. The summed E-state index contributed by atoms with van der Waals surface area (Å²) in [5.74, 6) is -0.516. The molecule has 8 nitrogen and oxygen atoms in total. The third-order valence-corrected chi connectivity index (χ3v) is 2.30. The zero-order valence-corrected chi connectivity index (χ0v) is 10.9. The van der Waals surface area contributed by atoms with Crippen LogP contribution in [-0.4, -0.2) is 30.1 Å². The van der Waals surface area contributed by atoms with Gasteiger partial charge in [-0.2, -0.15) is 0 Å². The molecule has 0 saturated carbocycles. The van der Waals surface area contributed by atoms with Gasteiger partial charge in [-0.15, -0.1) is 0 Å². The molecule has 0 aliphatic carbocycles. The fourth-order valence-electron chi connectivity index (χ4n) is 1.34. The zero-order chi connectivity index (χ0) is 15.0. The Morgan fingerprint density at radius 1 is 1.25 bits per heavy atom. The number of hydrogen-bond donors (Lipinski definition) is 2. The highest BCUT2D eigenvalue weighted by Gasteiger charge is 2.07. The minimum atomic E-state index is -0.517. The number of esters is 1. The Bertz CT molecular complexity index is 486. The number of benzene rings is 1. The van der Waals surface area contributed by atoms with E-state index in [9.17, 15) is 19.7 Å². The molecule has 0 spiro atoms. The van der Waals surface area contributed by atoms with Crippen molar-refractivity contribution in [2.24, 2.45) is 0 Å². The molecular weight excluding hydrogens is 266 g/mol. The highest BCUT2D eigenvalue weighted by molar-refractivity contribution is 5.80. The van der Waals surface area contributed by atoms with E-state index in [1.54, 1.807) is 19.1 Å². The molecule has 0 aliphatic heterocycles. The lowest BCUT2D eigenvalue weighted by atomic mass is 10.2. The predicted octanol–water partition coefficient (Wildman–Crippen LogP) is 0.957. The van der Waals surface area contributed by atoms with E-state index in [0.717, 1.165) is 0 Å². The highest BCUT2D eigenvalue weighted by atomic mass is 16.6. The molecule has 0 bridgehead atoms. The van der Waals surface area contributed by atoms with Crippen LogP contribution in [0.2, 0.25) is 0 Å². The average Bonchev–Trinajstić information content (AvgIpc) is 2.43. The molecule has 0 heterocycles. The summed E-state index contributed by atoms with van der Waals surface area (Å²) in [6.45, 7) is 1.92. The molecule has 20 heavy (non-hydrogen) atoms. The molecule has 2 amide bonds. The lowest BCUT2D eigenvalue weighted by Gasteiger charge is -2.07. The first kappa shape index (κ1) is 15.4. The quantitative estimate of drug-likeness (QED) is 0.458. The normalized spacial score (nSPS) is 9.65. The topological polar surface area (TPSA) is 111 Å². The molecule has 1 aromatic carbocycles. The summed E-state index contributed by atoms with van der Waals surface area (Å²) in [7, 11) is 0. The van der Waals surface area contributed by atoms with Gasteiger partial charge >= 0.3 is 12.0 Å². The van der Waals surface area contributed by atoms with Crippen LogP contribution in [0.1, 0.15) is 12.5 Å². The number of nitro benzene ring substituents is 1. The van der Waals surface area contributed by atoms with Crippen LogP contribution in [0.5, 0.6) is 0 Å². The Balaban J connectivity index is 2.33. The van der Waals surface area contributed by atoms with E-state index in [1.807, 2.05) is 0 Å². The molecule has 0 atom stereocenters. The van der Waals surface area contributed by atoms with Crippen LogP contribution in [0.25, 0.3) is 0 Å². The number of carbonyl (C=O) groups is 2. The van der Waals surface area contributed by atoms with E-state index >= 15 is 0 Å². The van der Waals surface area contributed by atoms with E-state index in [1.165, 1.54) is 12.1 Å². The van der Waals surface area contributed by atoms with Gasteiger partial charge in [0, 0.05) is 18.7 Å². The van der Waals surface area contributed by atoms with Gasteiger partial charge in [0.15, 0.2) is 0 Å². The maximum absolute atomic E-state index is 11.4. The second kappa shape index (κ2) is 7.72. The summed E-state index contributed by atoms with van der Waals surface area (Å²) < 4.78 is 4.65. The number of non-ortho nitro benzene ring substituents is 1. The van der Waals surface area contributed by atoms with Gasteiger partial charge in [-0.1, -0.05) is 12.1 Å². The van der Waals surface area contributed by atoms with Gasteiger partial charge in [0.2, 0.25) is 0 Å². The lowest BCUT2D eigenvalue weighted by molar-refractivity contribution is -0.384. The predicted molar refractivity (Wildman–Crippen MR) is 70.0 cm³/mol. The van der Waals surface area contributed by atoms with Crippen molar-refractivity contribution in [3.8, 4) is 0 Å². The van der Waals surface area contributed by atoms with E-state index in [2.05, 4.69) is 15.4 Å². The summed E-state index contributed by atoms with van der Waals surface area (Å²) >= 11 is 0. The molecule has 1 rings (SSSR count). The first-order valence-electron chi connectivity index (χ1n) is 5.93. The molecule has 1 aromatic rings. The van der Waals surface area contributed by atoms with Crippen molar-refractivity contribution < 1.29 is 19.2 Å². The van der Waals surface area contributed by atoms with Crippen LogP contribution < -0.4 is 10.6 Å². The number of ether oxygens (including phenoxy) is 1. The monoisotopic (exact) mass is 281 g/mol. The van der Waals surface area contributed by atoms with Gasteiger partial charge in [-0.3, -0.25) is 14.9 Å². The fraction of sp³-hybridized carbons (Fsp3) is 0.333. The molecule has 108 valence electrons. The van der Waals surface area contributed by atoms with Gasteiger partial charge in [-0.05, 0) is 12.5 Å². The smallest absolute Gasteiger partial charge is 0.325 e. The Labute approximate surface area is 115 Å². The van der Waals surface area contributed by atoms with Crippen molar-refractivity contribution in [1.29, 1.82) is 0 Å². The molecule has 0 fully saturated rings. The van der Waals surface area contributed by atoms with E-state index in [0.29, 0.717) is 5.56 Å². The van der Waals surface area contributed by atoms with Crippen LogP contribution in [-0.2, 0) is 16.1 Å². The third-order valence-electron chi connectivity index (χ3n) is 2.30. The summed E-state index contributed by atoms with van der Waals surface area (Å²) in [6.07, 6.45) is 0. The second-order valence-corrected chi connectivity index (χ2v) is 3.76. The molecule has 0 saturated heterocycles. The standard InChI is InChI=1S/C12H15N3O5/c1-2-20-11(16)8-14-12(17)13-7-9-3-5-10(6-4-9)15(18)19/h3-6H,2,7-8H2,1H3,(H2,13,14,17). The van der Waals surface area contributed by atoms with E-state index in [4.69, 9.17) is 0 Å². The summed E-state index contributed by atoms with van der Waals surface area (Å²) in [4.78, 5) is 32.3. The molecule has 0 unspecified atom stereocenters. The number of nitrogens with one attached hydrogen (secondary N) is 2. The Morgan fingerprint density at radius 3 is 2.45 bits per heavy atom. The van der Waals surface area contributed by atoms with Crippen LogP contribution in [0.3, 0.4) is 0 Å². The van der Waals surface area contributed by atoms with Crippen molar-refractivity contribution >= 4 is 17.7 Å². The van der Waals surface area contributed by atoms with Crippen molar-refractivity contribution in [3.05, 3.63) is 39.9 Å². The van der Waals surface area contributed by atoms with Gasteiger partial charge in [0.05, 0.1) is 11.5 Å². The second-order valence-electron chi connectivity index (χ2n) is 3.76. The largest absolute Gasteiger partial charge is 0.465 e. The van der Waals surface area contributed by atoms with Gasteiger partial charge in [0.1, 0.15) is 6.54 Å². The maximum Gasteiger partial charge on any atom is 0.325 e. The number of carbonyl (C=O) groups excluding carboxylic acids is 2. The minimum absolute atomic E-state index is 0.0134. The highest BCUT2D eigenvalue weighted by Crippen LogP contribution is 2.11. The van der Waals surface area contributed by atoms with Crippen molar-refractivity contribution in [2.45, 2.75) is 13.5 Å². The first-order valence-corrected chi connectivity index (χ1v) is 5.93. The summed E-state index contributed by atoms with van der Waals surface area (Å²) in [5.41, 5.74) is 0.697. The Morgan fingerprint density at radius 2 is 1.90 bits per heavy atom. The van der Waals surface area contributed by atoms with Gasteiger partial charge in [-0.25, -0.2) is 4.79 Å². The van der Waals surface area contributed by atoms with Gasteiger partial charge < -0.3 is 15.4 Å². The number of nitrogens with zero attached hydrogens (tertiary/aromatic N) is 1. The van der Waals surface area contributed by atoms with Crippen molar-refractivity contribution in [3.63, 3.8) is 0 Å². The SMILES string of the molecule is CCOC(=O)CNC(=O)NCc1ccc([N+](=O)[O-])cc1. The minimum Gasteiger partial charge on any atom is -0.465 e. The third kappa shape index (κ3) is 5.34. The molecule has 0 radical (unpaired) electrons. The fourth-order valence-corrected chi connectivity index (χ4v) is 1.34. The molecular formula is C12H15N3O5. The van der Waals surface area contributed by atoms with Gasteiger partial charge in [0.25, 0.3) is 5.69 Å². The molecule has 8 heteroatoms. The van der Waals surface area contributed by atoms with Crippen molar-refractivity contribution in [1.82, 2.24) is 10.6 Å². The number of hydrogen-bond acceptors (Lipinski definition) is 5. The van der Waals surface area contributed by atoms with E-state index < -0.39 is 16.9 Å². The Kier molecular flexibility index (Phi) is 5.95. The lowest BCUT2D eigenvalue weighted by Crippen LogP contribution is -2.38. The summed E-state index contributed by atoms with van der Waals surface area (Å²) in [5, 5.41) is 15.3. The average molecular weight is 281 g/mol. The molecule has 0 aliphatic rings. The number of urea groups is 1. The number of amides is 2. The summed E-state index contributed by atoms with van der Waals surface area (Å²) in [6, 6.07) is 5.28. The zero-order valence-electron chi connectivity index (χ0n) is 10.9. The molecule has 0 aromatic heterocycles. The first-order chi connectivity index (χ1) is 9.52.